The molecule has 1 heterocycles. The van der Waals surface area contributed by atoms with E-state index in [1.165, 1.54) is 0 Å². The van der Waals surface area contributed by atoms with E-state index in [9.17, 15) is 19.7 Å². The molecule has 0 radical (unpaired) electrons. The Morgan fingerprint density at radius 2 is 2.33 bits per heavy atom. The Kier molecular flexibility index (Phi) is 4.35. The van der Waals surface area contributed by atoms with E-state index in [-0.39, 0.29) is 12.1 Å². The van der Waals surface area contributed by atoms with Crippen LogP contribution in [-0.2, 0) is 4.79 Å². The van der Waals surface area contributed by atoms with Gasteiger partial charge in [0.1, 0.15) is 6.04 Å². The van der Waals surface area contributed by atoms with Gasteiger partial charge >= 0.3 is 11.8 Å². The van der Waals surface area contributed by atoms with Crippen LogP contribution < -0.4 is 5.32 Å². The molecule has 0 fully saturated rings. The van der Waals surface area contributed by atoms with Gasteiger partial charge in [0, 0.05) is 0 Å². The van der Waals surface area contributed by atoms with Gasteiger partial charge in [0.2, 0.25) is 0 Å². The second-order valence-corrected chi connectivity index (χ2v) is 3.55. The highest BCUT2D eigenvalue weighted by molar-refractivity contribution is 5.95. The largest absolute Gasteiger partial charge is 0.480 e. The Hall–Kier alpha value is -2.45. The number of nitro groups is 1. The molecule has 1 amide bonds. The van der Waals surface area contributed by atoms with E-state index in [4.69, 9.17) is 5.11 Å². The van der Waals surface area contributed by atoms with Crippen molar-refractivity contribution < 1.29 is 19.6 Å². The van der Waals surface area contributed by atoms with Crippen LogP contribution in [0.4, 0.5) is 5.82 Å². The quantitative estimate of drug-likeness (QED) is 0.494. The van der Waals surface area contributed by atoms with Crippen LogP contribution in [0.3, 0.4) is 0 Å². The molecule has 0 aromatic carbocycles. The normalized spacial score (nSPS) is 11.8. The third-order valence-electron chi connectivity index (χ3n) is 2.17. The van der Waals surface area contributed by atoms with Crippen molar-refractivity contribution >= 4 is 17.7 Å². The van der Waals surface area contributed by atoms with Crippen molar-refractivity contribution in [2.75, 3.05) is 0 Å². The molecule has 9 heteroatoms. The standard InChI is InChI=1S/C9H12N4O5/c1-2-3-5(9(15)16)10-8(14)6-4-7(12-11-6)13(17)18/h4-5H,2-3H2,1H3,(H,10,14)(H,11,12)(H,15,16). The number of rotatable bonds is 6. The van der Waals surface area contributed by atoms with Crippen molar-refractivity contribution in [3.8, 4) is 0 Å². The predicted octanol–water partition coefficient (Wildman–Crippen LogP) is 0.301. The van der Waals surface area contributed by atoms with Gasteiger partial charge in [-0.2, -0.15) is 0 Å². The predicted molar refractivity (Wildman–Crippen MR) is 59.0 cm³/mol. The Bertz CT molecular complexity index is 469. The molecule has 1 aromatic heterocycles. The van der Waals surface area contributed by atoms with Gasteiger partial charge in [0.05, 0.1) is 6.07 Å². The van der Waals surface area contributed by atoms with Crippen molar-refractivity contribution in [2.24, 2.45) is 0 Å². The number of amides is 1. The van der Waals surface area contributed by atoms with Gasteiger partial charge in [-0.15, -0.1) is 5.10 Å². The van der Waals surface area contributed by atoms with Crippen LogP contribution in [-0.4, -0.2) is 38.1 Å². The van der Waals surface area contributed by atoms with Crippen LogP contribution in [0.25, 0.3) is 0 Å². The van der Waals surface area contributed by atoms with Gasteiger partial charge < -0.3 is 20.5 Å². The third-order valence-corrected chi connectivity index (χ3v) is 2.17. The van der Waals surface area contributed by atoms with E-state index in [1.807, 2.05) is 0 Å². The number of nitrogens with zero attached hydrogens (tertiary/aromatic N) is 2. The maximum atomic E-state index is 11.6. The summed E-state index contributed by atoms with van der Waals surface area (Å²) >= 11 is 0. The molecule has 0 bridgehead atoms. The smallest absolute Gasteiger partial charge is 0.343 e. The van der Waals surface area contributed by atoms with Crippen molar-refractivity contribution in [3.05, 3.63) is 21.9 Å². The summed E-state index contributed by atoms with van der Waals surface area (Å²) in [4.78, 5) is 32.1. The van der Waals surface area contributed by atoms with Gasteiger partial charge in [-0.1, -0.05) is 18.4 Å². The van der Waals surface area contributed by atoms with Crippen LogP contribution in [0.1, 0.15) is 30.3 Å². The topological polar surface area (TPSA) is 138 Å². The number of carbonyl (C=O) groups excluding carboxylic acids is 1. The van der Waals surface area contributed by atoms with E-state index in [0.717, 1.165) is 6.07 Å². The van der Waals surface area contributed by atoms with Crippen LogP contribution in [0, 0.1) is 10.1 Å². The Morgan fingerprint density at radius 1 is 1.67 bits per heavy atom. The van der Waals surface area contributed by atoms with Gasteiger partial charge in [0.25, 0.3) is 5.91 Å². The van der Waals surface area contributed by atoms with E-state index < -0.39 is 28.7 Å². The molecule has 1 rings (SSSR count). The minimum absolute atomic E-state index is 0.218. The Morgan fingerprint density at radius 3 is 2.78 bits per heavy atom. The molecule has 1 unspecified atom stereocenters. The third kappa shape index (κ3) is 3.27. The fourth-order valence-corrected chi connectivity index (χ4v) is 1.30. The first kappa shape index (κ1) is 13.6. The number of aromatic nitrogens is 2. The van der Waals surface area contributed by atoms with Crippen LogP contribution in [0.2, 0.25) is 0 Å². The fourth-order valence-electron chi connectivity index (χ4n) is 1.30. The first-order valence-electron chi connectivity index (χ1n) is 5.19. The molecule has 98 valence electrons. The monoisotopic (exact) mass is 256 g/mol. The molecule has 18 heavy (non-hydrogen) atoms. The highest BCUT2D eigenvalue weighted by Crippen LogP contribution is 2.08. The van der Waals surface area contributed by atoms with Crippen molar-refractivity contribution in [2.45, 2.75) is 25.8 Å². The number of hydrogen-bond acceptors (Lipinski definition) is 5. The maximum Gasteiger partial charge on any atom is 0.343 e. The molecule has 0 aliphatic rings. The molecule has 9 nitrogen and oxygen atoms in total. The van der Waals surface area contributed by atoms with E-state index in [2.05, 4.69) is 15.5 Å². The second kappa shape index (κ2) is 5.75. The summed E-state index contributed by atoms with van der Waals surface area (Å²) in [5.41, 5.74) is -0.218. The number of aliphatic carboxylic acids is 1. The van der Waals surface area contributed by atoms with Crippen LogP contribution >= 0.6 is 0 Å². The molecule has 3 N–H and O–H groups in total. The summed E-state index contributed by atoms with van der Waals surface area (Å²) in [6.45, 7) is 1.78. The number of carboxylic acid groups (broad SMARTS) is 1. The number of carbonyl (C=O) groups is 2. The lowest BCUT2D eigenvalue weighted by atomic mass is 10.1. The van der Waals surface area contributed by atoms with E-state index in [1.54, 1.807) is 6.92 Å². The van der Waals surface area contributed by atoms with Gasteiger partial charge in [-0.05, 0) is 11.3 Å². The van der Waals surface area contributed by atoms with Crippen molar-refractivity contribution in [1.82, 2.24) is 15.5 Å². The minimum atomic E-state index is -1.16. The summed E-state index contributed by atoms with van der Waals surface area (Å²) in [5, 5.41) is 27.0. The zero-order valence-corrected chi connectivity index (χ0v) is 9.54. The first-order chi connectivity index (χ1) is 8.45. The van der Waals surface area contributed by atoms with Crippen LogP contribution in [0.5, 0.6) is 0 Å². The Labute approximate surface area is 101 Å². The zero-order chi connectivity index (χ0) is 13.7. The summed E-state index contributed by atoms with van der Waals surface area (Å²) in [7, 11) is 0. The average molecular weight is 256 g/mol. The zero-order valence-electron chi connectivity index (χ0n) is 9.54. The summed E-state index contributed by atoms with van der Waals surface area (Å²) < 4.78 is 0. The molecule has 0 spiro atoms. The van der Waals surface area contributed by atoms with Crippen molar-refractivity contribution in [3.63, 3.8) is 0 Å². The molecular formula is C9H12N4O5. The molecule has 1 atom stereocenters. The van der Waals surface area contributed by atoms with E-state index >= 15 is 0 Å². The highest BCUT2D eigenvalue weighted by Gasteiger charge is 2.23. The number of H-pyrrole nitrogens is 1. The average Bonchev–Trinajstić information content (AvgIpc) is 2.77. The lowest BCUT2D eigenvalue weighted by Crippen LogP contribution is -2.40. The minimum Gasteiger partial charge on any atom is -0.480 e. The number of carboxylic acids is 1. The number of aromatic amines is 1. The molecular weight excluding hydrogens is 244 g/mol. The maximum absolute atomic E-state index is 11.6. The molecule has 1 aromatic rings. The molecule has 0 saturated carbocycles. The highest BCUT2D eigenvalue weighted by atomic mass is 16.6. The van der Waals surface area contributed by atoms with Gasteiger partial charge in [0.15, 0.2) is 5.69 Å². The molecule has 0 aliphatic carbocycles. The molecule has 0 saturated heterocycles. The second-order valence-electron chi connectivity index (χ2n) is 3.55. The summed E-state index contributed by atoms with van der Waals surface area (Å²) in [6, 6.07) is -0.0848. The molecule has 0 aliphatic heterocycles. The number of nitrogens with one attached hydrogen (secondary N) is 2. The van der Waals surface area contributed by atoms with Gasteiger partial charge in [-0.25, -0.2) is 4.79 Å². The van der Waals surface area contributed by atoms with Crippen molar-refractivity contribution in [1.29, 1.82) is 0 Å². The first-order valence-corrected chi connectivity index (χ1v) is 5.19. The van der Waals surface area contributed by atoms with Crippen LogP contribution in [0.15, 0.2) is 6.07 Å². The summed E-state index contributed by atoms with van der Waals surface area (Å²) in [5.74, 6) is -2.35. The SMILES string of the molecule is CCCC(NC(=O)c1cc([N+](=O)[O-])[nH]n1)C(=O)O. The lowest BCUT2D eigenvalue weighted by molar-refractivity contribution is -0.389. The fraction of sp³-hybridized carbons (Fsp3) is 0.444. The van der Waals surface area contributed by atoms with E-state index in [0.29, 0.717) is 6.42 Å². The number of hydrogen-bond donors (Lipinski definition) is 3. The van der Waals surface area contributed by atoms with Gasteiger partial charge in [-0.3, -0.25) is 4.79 Å². The summed E-state index contributed by atoms with van der Waals surface area (Å²) in [6.07, 6.45) is 0.853. The Balaban J connectivity index is 2.74. The lowest BCUT2D eigenvalue weighted by Gasteiger charge is -2.11.